The van der Waals surface area contributed by atoms with Gasteiger partial charge in [-0.3, -0.25) is 25.4 Å². The van der Waals surface area contributed by atoms with Crippen LogP contribution in [-0.4, -0.2) is 22.7 Å². The standard InChI is InChI=1S/C13H13F2N3O2/c14-13(15)5-4-7-9(10(7)13)12(20)18-17-11(19)8-3-1-2-6-16-8/h1-3,6-7,9-10H,4-5H2,(H,17,19)(H,18,20)/t7-,9+,10-/m1/s1. The number of hydrogen-bond donors (Lipinski definition) is 2. The summed E-state index contributed by atoms with van der Waals surface area (Å²) in [5, 5.41) is 0. The monoisotopic (exact) mass is 281 g/mol. The van der Waals surface area contributed by atoms with Crippen molar-refractivity contribution >= 4 is 11.8 Å². The highest BCUT2D eigenvalue weighted by atomic mass is 19.3. The third-order valence-electron chi connectivity index (χ3n) is 3.97. The summed E-state index contributed by atoms with van der Waals surface area (Å²) in [4.78, 5) is 27.2. The maximum Gasteiger partial charge on any atom is 0.288 e. The molecule has 0 aromatic carbocycles. The van der Waals surface area contributed by atoms with E-state index in [-0.39, 0.29) is 18.0 Å². The average Bonchev–Trinajstić information content (AvgIpc) is 3.11. The van der Waals surface area contributed by atoms with Gasteiger partial charge in [-0.1, -0.05) is 6.07 Å². The van der Waals surface area contributed by atoms with E-state index in [9.17, 15) is 18.4 Å². The highest BCUT2D eigenvalue weighted by Gasteiger charge is 2.70. The first-order valence-corrected chi connectivity index (χ1v) is 6.40. The Hall–Kier alpha value is -2.05. The number of carbonyl (C=O) groups is 2. The highest BCUT2D eigenvalue weighted by molar-refractivity contribution is 5.94. The van der Waals surface area contributed by atoms with Crippen LogP contribution in [0.1, 0.15) is 23.3 Å². The number of aromatic nitrogens is 1. The van der Waals surface area contributed by atoms with E-state index in [4.69, 9.17) is 0 Å². The Kier molecular flexibility index (Phi) is 2.92. The van der Waals surface area contributed by atoms with Crippen LogP contribution in [0.15, 0.2) is 24.4 Å². The Morgan fingerprint density at radius 3 is 2.70 bits per heavy atom. The predicted molar refractivity (Wildman–Crippen MR) is 64.5 cm³/mol. The fourth-order valence-corrected chi connectivity index (χ4v) is 2.95. The van der Waals surface area contributed by atoms with Crippen LogP contribution in [0.5, 0.6) is 0 Å². The SMILES string of the molecule is O=C(NNC(=O)[C@H]1[C@H]2CCC(F)(F)[C@H]21)c1ccccn1. The number of halogens is 2. The molecule has 3 rings (SSSR count). The van der Waals surface area contributed by atoms with E-state index in [1.54, 1.807) is 12.1 Å². The molecule has 2 fully saturated rings. The Bertz CT molecular complexity index is 550. The second-order valence-corrected chi connectivity index (χ2v) is 5.17. The molecule has 2 aliphatic rings. The second kappa shape index (κ2) is 4.50. The molecule has 106 valence electrons. The maximum atomic E-state index is 13.4. The van der Waals surface area contributed by atoms with Crippen molar-refractivity contribution in [2.45, 2.75) is 18.8 Å². The topological polar surface area (TPSA) is 71.1 Å². The molecule has 2 aliphatic carbocycles. The minimum Gasteiger partial charge on any atom is -0.273 e. The van der Waals surface area contributed by atoms with Gasteiger partial charge in [-0.05, 0) is 24.5 Å². The normalized spacial score (nSPS) is 29.4. The summed E-state index contributed by atoms with van der Waals surface area (Å²) in [5.74, 6) is -5.69. The van der Waals surface area contributed by atoms with Crippen molar-refractivity contribution in [2.24, 2.45) is 17.8 Å². The molecule has 1 aromatic heterocycles. The van der Waals surface area contributed by atoms with Gasteiger partial charge in [0.1, 0.15) is 5.69 Å². The zero-order valence-corrected chi connectivity index (χ0v) is 10.5. The number of hydrogen-bond acceptors (Lipinski definition) is 3. The van der Waals surface area contributed by atoms with Gasteiger partial charge < -0.3 is 0 Å². The number of nitrogens with one attached hydrogen (secondary N) is 2. The minimum atomic E-state index is -2.75. The van der Waals surface area contributed by atoms with Crippen molar-refractivity contribution in [2.75, 3.05) is 0 Å². The van der Waals surface area contributed by atoms with E-state index in [2.05, 4.69) is 15.8 Å². The van der Waals surface area contributed by atoms with Crippen LogP contribution < -0.4 is 10.9 Å². The molecular formula is C13H13F2N3O2. The summed E-state index contributed by atoms with van der Waals surface area (Å²) in [6.07, 6.45) is 1.67. The van der Waals surface area contributed by atoms with Gasteiger partial charge in [-0.2, -0.15) is 0 Å². The third kappa shape index (κ3) is 2.13. The first-order chi connectivity index (χ1) is 9.50. The lowest BCUT2D eigenvalue weighted by molar-refractivity contribution is -0.125. The predicted octanol–water partition coefficient (Wildman–Crippen LogP) is 1.13. The number of pyridine rings is 1. The summed E-state index contributed by atoms with van der Waals surface area (Å²) in [5.41, 5.74) is 4.54. The molecule has 1 heterocycles. The van der Waals surface area contributed by atoms with E-state index in [0.717, 1.165) is 0 Å². The lowest BCUT2D eigenvalue weighted by Crippen LogP contribution is -2.43. The van der Waals surface area contributed by atoms with Gasteiger partial charge in [0.05, 0.1) is 5.92 Å². The molecule has 7 heteroatoms. The molecule has 0 spiro atoms. The molecular weight excluding hydrogens is 268 g/mol. The smallest absolute Gasteiger partial charge is 0.273 e. The third-order valence-corrected chi connectivity index (χ3v) is 3.97. The van der Waals surface area contributed by atoms with Crippen LogP contribution >= 0.6 is 0 Å². The van der Waals surface area contributed by atoms with Crippen molar-refractivity contribution in [1.82, 2.24) is 15.8 Å². The molecule has 0 radical (unpaired) electrons. The number of hydrazine groups is 1. The first-order valence-electron chi connectivity index (χ1n) is 6.40. The average molecular weight is 281 g/mol. The molecule has 0 saturated heterocycles. The van der Waals surface area contributed by atoms with Crippen LogP contribution in [0, 0.1) is 17.8 Å². The highest BCUT2D eigenvalue weighted by Crippen LogP contribution is 2.64. The zero-order valence-electron chi connectivity index (χ0n) is 10.5. The Balaban J connectivity index is 1.53. The molecule has 3 atom stereocenters. The van der Waals surface area contributed by atoms with E-state index in [1.807, 2.05) is 0 Å². The number of alkyl halides is 2. The van der Waals surface area contributed by atoms with E-state index >= 15 is 0 Å². The molecule has 5 nitrogen and oxygen atoms in total. The van der Waals surface area contributed by atoms with Crippen molar-refractivity contribution in [3.8, 4) is 0 Å². The van der Waals surface area contributed by atoms with Gasteiger partial charge in [-0.15, -0.1) is 0 Å². The van der Waals surface area contributed by atoms with Gasteiger partial charge in [0, 0.05) is 18.5 Å². The molecule has 0 aliphatic heterocycles. The van der Waals surface area contributed by atoms with Crippen molar-refractivity contribution in [1.29, 1.82) is 0 Å². The first kappa shape index (κ1) is 13.0. The lowest BCUT2D eigenvalue weighted by atomic mass is 10.1. The summed E-state index contributed by atoms with van der Waals surface area (Å²) in [7, 11) is 0. The summed E-state index contributed by atoms with van der Waals surface area (Å²) < 4.78 is 26.8. The van der Waals surface area contributed by atoms with Crippen LogP contribution in [0.3, 0.4) is 0 Å². The number of amides is 2. The van der Waals surface area contributed by atoms with Crippen LogP contribution in [0.2, 0.25) is 0 Å². The molecule has 2 amide bonds. The molecule has 2 saturated carbocycles. The molecule has 0 bridgehead atoms. The largest absolute Gasteiger partial charge is 0.288 e. The second-order valence-electron chi connectivity index (χ2n) is 5.17. The van der Waals surface area contributed by atoms with Crippen molar-refractivity contribution < 1.29 is 18.4 Å². The van der Waals surface area contributed by atoms with Crippen molar-refractivity contribution in [3.05, 3.63) is 30.1 Å². The Morgan fingerprint density at radius 1 is 1.30 bits per heavy atom. The van der Waals surface area contributed by atoms with Gasteiger partial charge in [0.2, 0.25) is 5.91 Å². The van der Waals surface area contributed by atoms with E-state index < -0.39 is 29.6 Å². The number of rotatable bonds is 2. The Morgan fingerprint density at radius 2 is 2.10 bits per heavy atom. The van der Waals surface area contributed by atoms with Crippen LogP contribution in [0.25, 0.3) is 0 Å². The molecule has 1 aromatic rings. The van der Waals surface area contributed by atoms with Gasteiger partial charge in [0.25, 0.3) is 11.8 Å². The van der Waals surface area contributed by atoms with Crippen LogP contribution in [0.4, 0.5) is 8.78 Å². The quantitative estimate of drug-likeness (QED) is 0.798. The van der Waals surface area contributed by atoms with E-state index in [0.29, 0.717) is 6.42 Å². The summed E-state index contributed by atoms with van der Waals surface area (Å²) in [6, 6.07) is 4.78. The number of fused-ring (bicyclic) bond motifs is 1. The van der Waals surface area contributed by atoms with Gasteiger partial charge in [0.15, 0.2) is 0 Å². The maximum absolute atomic E-state index is 13.4. The molecule has 2 N–H and O–H groups in total. The fourth-order valence-electron chi connectivity index (χ4n) is 2.95. The minimum absolute atomic E-state index is 0.146. The van der Waals surface area contributed by atoms with Gasteiger partial charge >= 0.3 is 0 Å². The zero-order chi connectivity index (χ0) is 14.3. The summed E-state index contributed by atoms with van der Waals surface area (Å²) in [6.45, 7) is 0. The molecule has 20 heavy (non-hydrogen) atoms. The molecule has 0 unspecified atom stereocenters. The van der Waals surface area contributed by atoms with Crippen molar-refractivity contribution in [3.63, 3.8) is 0 Å². The van der Waals surface area contributed by atoms with E-state index in [1.165, 1.54) is 12.3 Å². The lowest BCUT2D eigenvalue weighted by Gasteiger charge is -2.13. The number of carbonyl (C=O) groups excluding carboxylic acids is 2. The Labute approximate surface area is 113 Å². The summed E-state index contributed by atoms with van der Waals surface area (Å²) >= 11 is 0. The van der Waals surface area contributed by atoms with Gasteiger partial charge in [-0.25, -0.2) is 8.78 Å². The number of nitrogens with zero attached hydrogens (tertiary/aromatic N) is 1. The fraction of sp³-hybridized carbons (Fsp3) is 0.462. The van der Waals surface area contributed by atoms with Crippen LogP contribution in [-0.2, 0) is 4.79 Å².